The number of hydrogen-bond acceptors (Lipinski definition) is 5. The van der Waals surface area contributed by atoms with Gasteiger partial charge >= 0.3 is 5.69 Å². The van der Waals surface area contributed by atoms with Crippen LogP contribution in [0.2, 0.25) is 0 Å². The molecule has 162 valence electrons. The summed E-state index contributed by atoms with van der Waals surface area (Å²) < 4.78 is 1.40. The van der Waals surface area contributed by atoms with Crippen LogP contribution in [0.25, 0.3) is 0 Å². The summed E-state index contributed by atoms with van der Waals surface area (Å²) in [6.45, 7) is 2.45. The number of rotatable bonds is 6. The number of aromatic amines is 1. The molecule has 30 heavy (non-hydrogen) atoms. The Morgan fingerprint density at radius 2 is 1.97 bits per heavy atom. The number of carbonyl (C=O) groups excluding carboxylic acids is 1. The number of nitrogen functional groups attached to an aromatic ring is 1. The molecule has 2 aliphatic rings. The molecule has 0 bridgehead atoms. The van der Waals surface area contributed by atoms with Crippen LogP contribution in [-0.4, -0.2) is 21.5 Å². The summed E-state index contributed by atoms with van der Waals surface area (Å²) in [5, 5.41) is 0. The smallest absolute Gasteiger partial charge is 0.330 e. The van der Waals surface area contributed by atoms with E-state index in [2.05, 4.69) is 4.98 Å². The van der Waals surface area contributed by atoms with Gasteiger partial charge in [-0.25, -0.2) is 4.79 Å². The Morgan fingerprint density at radius 3 is 2.67 bits per heavy atom. The first-order valence-electron chi connectivity index (χ1n) is 11.1. The molecule has 0 spiro atoms. The third kappa shape index (κ3) is 3.85. The maximum Gasteiger partial charge on any atom is 0.330 e. The highest BCUT2D eigenvalue weighted by molar-refractivity contribution is 7.14. The number of fused-ring (bicyclic) bond motifs is 1. The van der Waals surface area contributed by atoms with Crippen LogP contribution in [0.5, 0.6) is 0 Å². The number of H-pyrrole nitrogens is 1. The van der Waals surface area contributed by atoms with Crippen molar-refractivity contribution < 1.29 is 4.79 Å². The number of hydrogen-bond donors (Lipinski definition) is 2. The molecule has 0 radical (unpaired) electrons. The summed E-state index contributed by atoms with van der Waals surface area (Å²) in [5.74, 6) is -0.0713. The molecule has 3 N–H and O–H groups in total. The third-order valence-electron chi connectivity index (χ3n) is 6.31. The normalized spacial score (nSPS) is 16.6. The molecule has 7 nitrogen and oxygen atoms in total. The van der Waals surface area contributed by atoms with Gasteiger partial charge in [-0.1, -0.05) is 26.2 Å². The van der Waals surface area contributed by atoms with E-state index < -0.39 is 11.2 Å². The van der Waals surface area contributed by atoms with E-state index >= 15 is 0 Å². The molecule has 8 heteroatoms. The van der Waals surface area contributed by atoms with Crippen LogP contribution in [0.1, 0.15) is 78.4 Å². The van der Waals surface area contributed by atoms with Crippen molar-refractivity contribution in [2.75, 3.05) is 10.6 Å². The van der Waals surface area contributed by atoms with Gasteiger partial charge in [-0.3, -0.25) is 24.0 Å². The Morgan fingerprint density at radius 1 is 1.23 bits per heavy atom. The zero-order valence-electron chi connectivity index (χ0n) is 17.5. The molecular weight excluding hydrogens is 400 g/mol. The Bertz CT molecular complexity index is 1020. The van der Waals surface area contributed by atoms with Gasteiger partial charge in [-0.15, -0.1) is 11.3 Å². The minimum Gasteiger partial charge on any atom is -0.383 e. The van der Waals surface area contributed by atoms with Gasteiger partial charge < -0.3 is 5.73 Å². The van der Waals surface area contributed by atoms with Crippen LogP contribution in [0.4, 0.5) is 11.5 Å². The van der Waals surface area contributed by atoms with Crippen LogP contribution in [0.3, 0.4) is 0 Å². The van der Waals surface area contributed by atoms with Crippen LogP contribution < -0.4 is 21.9 Å². The maximum absolute atomic E-state index is 13.7. The molecule has 2 heterocycles. The molecule has 2 aliphatic carbocycles. The summed E-state index contributed by atoms with van der Waals surface area (Å²) >= 11 is 1.55. The lowest BCUT2D eigenvalue weighted by Crippen LogP contribution is -2.45. The largest absolute Gasteiger partial charge is 0.383 e. The van der Waals surface area contributed by atoms with E-state index in [1.54, 1.807) is 16.2 Å². The summed E-state index contributed by atoms with van der Waals surface area (Å²) in [6, 6.07) is 1.93. The van der Waals surface area contributed by atoms with Crippen LogP contribution in [0, 0.1) is 0 Å². The first kappa shape index (κ1) is 20.9. The lowest BCUT2D eigenvalue weighted by atomic mass is 9.99. The van der Waals surface area contributed by atoms with Gasteiger partial charge in [0.15, 0.2) is 5.69 Å². The zero-order chi connectivity index (χ0) is 21.3. The topological polar surface area (TPSA) is 101 Å². The fourth-order valence-corrected chi connectivity index (χ4v) is 5.87. The number of amides is 1. The van der Waals surface area contributed by atoms with Gasteiger partial charge in [-0.2, -0.15) is 0 Å². The Kier molecular flexibility index (Phi) is 6.13. The lowest BCUT2D eigenvalue weighted by molar-refractivity contribution is 0.0980. The van der Waals surface area contributed by atoms with Crippen molar-refractivity contribution in [2.24, 2.45) is 0 Å². The second kappa shape index (κ2) is 8.79. The van der Waals surface area contributed by atoms with Gasteiger partial charge in [0.1, 0.15) is 5.82 Å². The number of carbonyl (C=O) groups is 1. The van der Waals surface area contributed by atoms with E-state index in [4.69, 9.17) is 5.73 Å². The molecule has 0 aliphatic heterocycles. The molecule has 2 aromatic heterocycles. The van der Waals surface area contributed by atoms with E-state index in [0.717, 1.165) is 64.2 Å². The van der Waals surface area contributed by atoms with Gasteiger partial charge in [-0.05, 0) is 56.6 Å². The number of aromatic nitrogens is 2. The lowest BCUT2D eigenvalue weighted by Gasteiger charge is -2.29. The number of thiophene rings is 1. The molecule has 4 rings (SSSR count). The third-order valence-corrected chi connectivity index (χ3v) is 7.53. The van der Waals surface area contributed by atoms with E-state index in [0.29, 0.717) is 11.4 Å². The Labute approximate surface area is 179 Å². The highest BCUT2D eigenvalue weighted by atomic mass is 32.1. The van der Waals surface area contributed by atoms with Crippen molar-refractivity contribution in [2.45, 2.75) is 83.7 Å². The van der Waals surface area contributed by atoms with Crippen molar-refractivity contribution in [3.63, 3.8) is 0 Å². The second-order valence-corrected chi connectivity index (χ2v) is 9.51. The van der Waals surface area contributed by atoms with Gasteiger partial charge in [0.05, 0.1) is 4.88 Å². The number of aryl methyl sites for hydroxylation is 2. The molecule has 0 unspecified atom stereocenters. The number of anilines is 2. The molecule has 1 amide bonds. The minimum atomic E-state index is -0.577. The predicted molar refractivity (Wildman–Crippen MR) is 121 cm³/mol. The number of nitrogens with two attached hydrogens (primary N) is 1. The van der Waals surface area contributed by atoms with E-state index in [-0.39, 0.29) is 23.5 Å². The molecule has 0 atom stereocenters. The quantitative estimate of drug-likeness (QED) is 0.733. The SMILES string of the molecule is CCCCn1c(N)c(N(C(=O)c2cc3c(s2)CCCC3)C2CCCC2)c(=O)[nH]c1=O. The molecule has 1 saturated carbocycles. The molecule has 0 aromatic carbocycles. The predicted octanol–water partition coefficient (Wildman–Crippen LogP) is 3.45. The minimum absolute atomic E-state index is 0.0721. The first-order chi connectivity index (χ1) is 14.5. The fourth-order valence-electron chi connectivity index (χ4n) is 4.68. The van der Waals surface area contributed by atoms with E-state index in [9.17, 15) is 14.4 Å². The first-order valence-corrected chi connectivity index (χ1v) is 11.9. The fraction of sp³-hybridized carbons (Fsp3) is 0.591. The highest BCUT2D eigenvalue weighted by Gasteiger charge is 2.34. The van der Waals surface area contributed by atoms with Crippen molar-refractivity contribution >= 4 is 28.7 Å². The van der Waals surface area contributed by atoms with Crippen LogP contribution >= 0.6 is 11.3 Å². The number of nitrogens with one attached hydrogen (secondary N) is 1. The van der Waals surface area contributed by atoms with E-state index in [1.165, 1.54) is 15.0 Å². The summed E-state index contributed by atoms with van der Waals surface area (Å²) in [6.07, 6.45) is 9.70. The zero-order valence-corrected chi connectivity index (χ0v) is 18.4. The van der Waals surface area contributed by atoms with Gasteiger partial charge in [0.2, 0.25) is 0 Å². The number of nitrogens with zero attached hydrogens (tertiary/aromatic N) is 2. The second-order valence-electron chi connectivity index (χ2n) is 8.38. The van der Waals surface area contributed by atoms with Crippen molar-refractivity contribution in [1.29, 1.82) is 0 Å². The maximum atomic E-state index is 13.7. The van der Waals surface area contributed by atoms with Gasteiger partial charge in [0, 0.05) is 17.5 Å². The van der Waals surface area contributed by atoms with Crippen molar-refractivity contribution in [3.8, 4) is 0 Å². The summed E-state index contributed by atoms with van der Waals surface area (Å²) in [4.78, 5) is 44.9. The van der Waals surface area contributed by atoms with E-state index in [1.807, 2.05) is 13.0 Å². The Hall–Kier alpha value is -2.35. The molecule has 1 fully saturated rings. The molecular formula is C22H30N4O3S. The highest BCUT2D eigenvalue weighted by Crippen LogP contribution is 2.35. The van der Waals surface area contributed by atoms with Gasteiger partial charge in [0.25, 0.3) is 11.5 Å². The molecule has 0 saturated heterocycles. The van der Waals surface area contributed by atoms with Crippen LogP contribution in [0.15, 0.2) is 15.7 Å². The number of unbranched alkanes of at least 4 members (excludes halogenated alkanes) is 1. The standard InChI is InChI=1S/C22H30N4O3S/c1-2-3-12-25-19(23)18(20(27)24-22(25)29)26(15-9-5-6-10-15)21(28)17-13-14-8-4-7-11-16(14)30-17/h13,15H,2-12,23H2,1H3,(H,24,27,29). The van der Waals surface area contributed by atoms with Crippen molar-refractivity contribution in [3.05, 3.63) is 42.2 Å². The average molecular weight is 431 g/mol. The summed E-state index contributed by atoms with van der Waals surface area (Å²) in [7, 11) is 0. The van der Waals surface area contributed by atoms with Crippen molar-refractivity contribution in [1.82, 2.24) is 9.55 Å². The average Bonchev–Trinajstić information content (AvgIpc) is 3.40. The monoisotopic (exact) mass is 430 g/mol. The van der Waals surface area contributed by atoms with Crippen LogP contribution in [-0.2, 0) is 19.4 Å². The Balaban J connectivity index is 1.80. The molecule has 2 aromatic rings. The summed E-state index contributed by atoms with van der Waals surface area (Å²) in [5.41, 5.74) is 6.66.